The van der Waals surface area contributed by atoms with Gasteiger partial charge in [-0.25, -0.2) is 0 Å². The summed E-state index contributed by atoms with van der Waals surface area (Å²) in [6, 6.07) is 15.0. The van der Waals surface area contributed by atoms with E-state index in [0.29, 0.717) is 0 Å². The van der Waals surface area contributed by atoms with Crippen molar-refractivity contribution >= 4 is 21.7 Å². The second kappa shape index (κ2) is 4.77. The molecule has 0 radical (unpaired) electrons. The summed E-state index contributed by atoms with van der Waals surface area (Å²) in [4.78, 5) is 4.66. The Morgan fingerprint density at radius 3 is 2.67 bits per heavy atom. The summed E-state index contributed by atoms with van der Waals surface area (Å²) >= 11 is 0. The van der Waals surface area contributed by atoms with E-state index in [1.165, 1.54) is 40.1 Å². The minimum atomic E-state index is 1.12. The fourth-order valence-corrected chi connectivity index (χ4v) is 2.52. The van der Waals surface area contributed by atoms with E-state index < -0.39 is 0 Å². The predicted octanol–water partition coefficient (Wildman–Crippen LogP) is 4.73. The van der Waals surface area contributed by atoms with Crippen molar-refractivity contribution in [1.29, 1.82) is 0 Å². The molecule has 0 aliphatic carbocycles. The van der Waals surface area contributed by atoms with Crippen molar-refractivity contribution in [3.8, 4) is 0 Å². The molecule has 0 saturated heterocycles. The first kappa shape index (κ1) is 11.2. The number of aromatic nitrogens is 1. The molecule has 90 valence electrons. The summed E-state index contributed by atoms with van der Waals surface area (Å²) in [6.45, 7) is 2.23. The fraction of sp³-hybridized carbons (Fsp3) is 0.235. The summed E-state index contributed by atoms with van der Waals surface area (Å²) in [5.41, 5.74) is 2.55. The number of hydrogen-bond acceptors (Lipinski definition) is 1. The van der Waals surface area contributed by atoms with Gasteiger partial charge in [-0.15, -0.1) is 0 Å². The molecule has 0 amide bonds. The highest BCUT2D eigenvalue weighted by atomic mass is 14.7. The van der Waals surface area contributed by atoms with Gasteiger partial charge in [0.05, 0.1) is 5.52 Å². The zero-order valence-electron chi connectivity index (χ0n) is 10.7. The SMILES string of the molecule is CCCCc1cccc2c1ncc1ccccc12. The van der Waals surface area contributed by atoms with Gasteiger partial charge in [-0.2, -0.15) is 0 Å². The van der Waals surface area contributed by atoms with Gasteiger partial charge in [0.1, 0.15) is 0 Å². The van der Waals surface area contributed by atoms with E-state index >= 15 is 0 Å². The van der Waals surface area contributed by atoms with Gasteiger partial charge >= 0.3 is 0 Å². The average Bonchev–Trinajstić information content (AvgIpc) is 2.44. The van der Waals surface area contributed by atoms with E-state index in [0.717, 1.165) is 6.42 Å². The van der Waals surface area contributed by atoms with E-state index in [9.17, 15) is 0 Å². The molecule has 0 aliphatic rings. The molecule has 18 heavy (non-hydrogen) atoms. The second-order valence-electron chi connectivity index (χ2n) is 4.76. The van der Waals surface area contributed by atoms with E-state index in [-0.39, 0.29) is 0 Å². The number of para-hydroxylation sites is 1. The molecule has 1 aromatic heterocycles. The quantitative estimate of drug-likeness (QED) is 0.598. The second-order valence-corrected chi connectivity index (χ2v) is 4.76. The average molecular weight is 235 g/mol. The normalized spacial score (nSPS) is 11.2. The van der Waals surface area contributed by atoms with E-state index in [2.05, 4.69) is 54.4 Å². The van der Waals surface area contributed by atoms with Gasteiger partial charge in [0, 0.05) is 17.0 Å². The van der Waals surface area contributed by atoms with Crippen molar-refractivity contribution in [2.45, 2.75) is 26.2 Å². The Morgan fingerprint density at radius 2 is 1.78 bits per heavy atom. The lowest BCUT2D eigenvalue weighted by Crippen LogP contribution is -1.90. The third-order valence-corrected chi connectivity index (χ3v) is 3.50. The van der Waals surface area contributed by atoms with E-state index in [1.807, 2.05) is 6.20 Å². The molecule has 0 saturated carbocycles. The van der Waals surface area contributed by atoms with Crippen LogP contribution in [-0.2, 0) is 6.42 Å². The van der Waals surface area contributed by atoms with Crippen molar-refractivity contribution < 1.29 is 0 Å². The maximum Gasteiger partial charge on any atom is 0.0740 e. The molecule has 0 fully saturated rings. The monoisotopic (exact) mass is 235 g/mol. The first-order valence-corrected chi connectivity index (χ1v) is 6.65. The van der Waals surface area contributed by atoms with Crippen molar-refractivity contribution in [1.82, 2.24) is 4.98 Å². The van der Waals surface area contributed by atoms with Gasteiger partial charge in [-0.1, -0.05) is 55.8 Å². The molecule has 3 rings (SSSR count). The minimum Gasteiger partial charge on any atom is -0.255 e. The molecule has 3 aromatic rings. The van der Waals surface area contributed by atoms with Crippen LogP contribution in [0.2, 0.25) is 0 Å². The van der Waals surface area contributed by atoms with Crippen LogP contribution >= 0.6 is 0 Å². The lowest BCUT2D eigenvalue weighted by Gasteiger charge is -2.07. The highest BCUT2D eigenvalue weighted by Crippen LogP contribution is 2.26. The molecular formula is C17H17N. The van der Waals surface area contributed by atoms with Gasteiger partial charge in [0.25, 0.3) is 0 Å². The number of nitrogens with zero attached hydrogens (tertiary/aromatic N) is 1. The zero-order valence-corrected chi connectivity index (χ0v) is 10.7. The molecule has 1 heterocycles. The summed E-state index contributed by atoms with van der Waals surface area (Å²) in [5, 5.41) is 3.81. The lowest BCUT2D eigenvalue weighted by molar-refractivity contribution is 0.798. The van der Waals surface area contributed by atoms with Crippen LogP contribution in [0.25, 0.3) is 21.7 Å². The minimum absolute atomic E-state index is 1.12. The highest BCUT2D eigenvalue weighted by Gasteiger charge is 2.05. The van der Waals surface area contributed by atoms with Crippen LogP contribution in [0, 0.1) is 0 Å². The van der Waals surface area contributed by atoms with Gasteiger partial charge in [-0.3, -0.25) is 4.98 Å². The Balaban J connectivity index is 2.26. The molecule has 0 N–H and O–H groups in total. The third kappa shape index (κ3) is 1.86. The largest absolute Gasteiger partial charge is 0.255 e. The lowest BCUT2D eigenvalue weighted by atomic mass is 10.0. The van der Waals surface area contributed by atoms with Crippen LogP contribution in [0.1, 0.15) is 25.3 Å². The molecule has 0 bridgehead atoms. The molecule has 1 nitrogen and oxygen atoms in total. The fourth-order valence-electron chi connectivity index (χ4n) is 2.52. The molecule has 1 heteroatoms. The maximum absolute atomic E-state index is 4.66. The molecule has 0 aliphatic heterocycles. The van der Waals surface area contributed by atoms with Crippen LogP contribution in [-0.4, -0.2) is 4.98 Å². The number of unbranched alkanes of at least 4 members (excludes halogenated alkanes) is 1. The Morgan fingerprint density at radius 1 is 0.944 bits per heavy atom. The number of pyridine rings is 1. The smallest absolute Gasteiger partial charge is 0.0740 e. The molecule has 2 aromatic carbocycles. The Bertz CT molecular complexity index is 685. The van der Waals surface area contributed by atoms with Crippen LogP contribution in [0.4, 0.5) is 0 Å². The summed E-state index contributed by atoms with van der Waals surface area (Å²) in [6.07, 6.45) is 5.57. The first-order valence-electron chi connectivity index (χ1n) is 6.65. The number of rotatable bonds is 3. The van der Waals surface area contributed by atoms with Crippen molar-refractivity contribution in [3.05, 3.63) is 54.2 Å². The predicted molar refractivity (Wildman–Crippen MR) is 77.9 cm³/mol. The Labute approximate surface area is 107 Å². The summed E-state index contributed by atoms with van der Waals surface area (Å²) in [5.74, 6) is 0. The molecule has 0 atom stereocenters. The van der Waals surface area contributed by atoms with Gasteiger partial charge in [0.2, 0.25) is 0 Å². The first-order chi connectivity index (χ1) is 8.90. The van der Waals surface area contributed by atoms with Crippen LogP contribution in [0.5, 0.6) is 0 Å². The number of fused-ring (bicyclic) bond motifs is 3. The molecular weight excluding hydrogens is 218 g/mol. The maximum atomic E-state index is 4.66. The summed E-state index contributed by atoms with van der Waals surface area (Å²) in [7, 11) is 0. The van der Waals surface area contributed by atoms with Crippen molar-refractivity contribution in [2.24, 2.45) is 0 Å². The van der Waals surface area contributed by atoms with Crippen LogP contribution in [0.3, 0.4) is 0 Å². The van der Waals surface area contributed by atoms with E-state index in [4.69, 9.17) is 0 Å². The van der Waals surface area contributed by atoms with Gasteiger partial charge < -0.3 is 0 Å². The Hall–Kier alpha value is -1.89. The highest BCUT2D eigenvalue weighted by molar-refractivity contribution is 6.06. The van der Waals surface area contributed by atoms with Gasteiger partial charge in [-0.05, 0) is 23.8 Å². The molecule has 0 spiro atoms. The van der Waals surface area contributed by atoms with Crippen molar-refractivity contribution in [2.75, 3.05) is 0 Å². The zero-order chi connectivity index (χ0) is 12.4. The topological polar surface area (TPSA) is 12.9 Å². The van der Waals surface area contributed by atoms with Crippen LogP contribution in [0.15, 0.2) is 48.7 Å². The van der Waals surface area contributed by atoms with Crippen LogP contribution < -0.4 is 0 Å². The van der Waals surface area contributed by atoms with Crippen molar-refractivity contribution in [3.63, 3.8) is 0 Å². The standard InChI is InChI=1S/C17H17N/c1-2-3-7-13-9-6-11-16-15-10-5-4-8-14(15)12-18-17(13)16/h4-6,8-12H,2-3,7H2,1H3. The number of benzene rings is 2. The van der Waals surface area contributed by atoms with E-state index in [1.54, 1.807) is 0 Å². The third-order valence-electron chi connectivity index (χ3n) is 3.50. The summed E-state index contributed by atoms with van der Waals surface area (Å²) < 4.78 is 0. The number of aryl methyl sites for hydroxylation is 1. The number of hydrogen-bond donors (Lipinski definition) is 0. The molecule has 0 unspecified atom stereocenters. The Kier molecular flexibility index (Phi) is 2.97. The van der Waals surface area contributed by atoms with Gasteiger partial charge in [0.15, 0.2) is 0 Å².